The van der Waals surface area contributed by atoms with E-state index in [0.29, 0.717) is 58.2 Å². The Morgan fingerprint density at radius 1 is 0.941 bits per heavy atom. The number of piperidine rings is 2. The van der Waals surface area contributed by atoms with Gasteiger partial charge in [0.2, 0.25) is 21.8 Å². The van der Waals surface area contributed by atoms with Crippen molar-refractivity contribution in [1.82, 2.24) is 14.1 Å². The van der Waals surface area contributed by atoms with Crippen molar-refractivity contribution in [1.29, 1.82) is 0 Å². The van der Waals surface area contributed by atoms with Crippen molar-refractivity contribution < 1.29 is 22.7 Å². The number of nitrogens with zero attached hydrogens (tertiary/aromatic N) is 3. The Kier molecular flexibility index (Phi) is 8.26. The largest absolute Gasteiger partial charge is 0.379 e. The maximum Gasteiger partial charge on any atom is 0.243 e. The van der Waals surface area contributed by atoms with Crippen LogP contribution in [0.4, 0.5) is 0 Å². The van der Waals surface area contributed by atoms with Crippen molar-refractivity contribution in [3.8, 4) is 0 Å². The number of rotatable bonds is 6. The first-order valence-corrected chi connectivity index (χ1v) is 14.0. The van der Waals surface area contributed by atoms with Crippen LogP contribution in [0.3, 0.4) is 0 Å². The van der Waals surface area contributed by atoms with Crippen LogP contribution in [-0.2, 0) is 30.8 Å². The Labute approximate surface area is 203 Å². The second-order valence-corrected chi connectivity index (χ2v) is 11.8. The first-order valence-electron chi connectivity index (χ1n) is 12.6. The summed E-state index contributed by atoms with van der Waals surface area (Å²) in [5.74, 6) is 0.983. The standard InChI is InChI=1S/C25H37N3O5S/c1-20-3-2-12-27(19-20)25(30)22-10-13-26(14-11-22)24(29)9-6-21-4-7-23(8-5-21)34(31,32)28-15-17-33-18-16-28/h4-5,7-8,20,22H,2-3,6,9-19H2,1H3. The number of morpholine rings is 1. The molecule has 0 N–H and O–H groups in total. The quantitative estimate of drug-likeness (QED) is 0.609. The third kappa shape index (κ3) is 5.98. The monoisotopic (exact) mass is 491 g/mol. The van der Waals surface area contributed by atoms with Gasteiger partial charge in [0.05, 0.1) is 18.1 Å². The van der Waals surface area contributed by atoms with E-state index in [9.17, 15) is 18.0 Å². The van der Waals surface area contributed by atoms with Gasteiger partial charge in [0, 0.05) is 51.6 Å². The lowest BCUT2D eigenvalue weighted by molar-refractivity contribution is -0.142. The van der Waals surface area contributed by atoms with E-state index in [1.807, 2.05) is 9.80 Å². The molecule has 3 heterocycles. The van der Waals surface area contributed by atoms with E-state index < -0.39 is 10.0 Å². The highest BCUT2D eigenvalue weighted by Gasteiger charge is 2.31. The molecule has 34 heavy (non-hydrogen) atoms. The molecule has 4 rings (SSSR count). The highest BCUT2D eigenvalue weighted by Crippen LogP contribution is 2.24. The van der Waals surface area contributed by atoms with Gasteiger partial charge in [-0.3, -0.25) is 9.59 Å². The predicted octanol–water partition coefficient (Wildman–Crippen LogP) is 2.14. The predicted molar refractivity (Wildman–Crippen MR) is 129 cm³/mol. The number of aryl methyl sites for hydroxylation is 1. The van der Waals surface area contributed by atoms with Crippen molar-refractivity contribution >= 4 is 21.8 Å². The van der Waals surface area contributed by atoms with Gasteiger partial charge >= 0.3 is 0 Å². The van der Waals surface area contributed by atoms with Gasteiger partial charge in [0.1, 0.15) is 0 Å². The molecule has 3 aliphatic rings. The van der Waals surface area contributed by atoms with Crippen LogP contribution in [0.1, 0.15) is 44.6 Å². The molecule has 9 heteroatoms. The second kappa shape index (κ2) is 11.2. The molecular weight excluding hydrogens is 454 g/mol. The van der Waals surface area contributed by atoms with Crippen LogP contribution in [0, 0.1) is 11.8 Å². The maximum atomic E-state index is 12.9. The molecule has 2 amide bonds. The lowest BCUT2D eigenvalue weighted by atomic mass is 9.92. The second-order valence-electron chi connectivity index (χ2n) is 9.85. The minimum absolute atomic E-state index is 0.0373. The third-order valence-corrected chi connectivity index (χ3v) is 9.24. The highest BCUT2D eigenvalue weighted by atomic mass is 32.2. The van der Waals surface area contributed by atoms with Crippen molar-refractivity contribution in [3.05, 3.63) is 29.8 Å². The van der Waals surface area contributed by atoms with Crippen LogP contribution >= 0.6 is 0 Å². The topological polar surface area (TPSA) is 87.2 Å². The molecule has 3 aliphatic heterocycles. The summed E-state index contributed by atoms with van der Waals surface area (Å²) < 4.78 is 32.2. The van der Waals surface area contributed by atoms with Crippen LogP contribution in [0.5, 0.6) is 0 Å². The van der Waals surface area contributed by atoms with Gasteiger partial charge in [-0.2, -0.15) is 4.31 Å². The summed E-state index contributed by atoms with van der Waals surface area (Å²) in [4.78, 5) is 29.8. The number of sulfonamides is 1. The number of carbonyl (C=O) groups is 2. The van der Waals surface area contributed by atoms with E-state index in [2.05, 4.69) is 6.92 Å². The fourth-order valence-corrected chi connectivity index (χ4v) is 6.61. The van der Waals surface area contributed by atoms with Gasteiger partial charge in [-0.05, 0) is 55.7 Å². The van der Waals surface area contributed by atoms with E-state index in [4.69, 9.17) is 4.74 Å². The number of carbonyl (C=O) groups excluding carboxylic acids is 2. The normalized spacial score (nSPS) is 23.1. The minimum Gasteiger partial charge on any atom is -0.379 e. The fourth-order valence-electron chi connectivity index (χ4n) is 5.20. The molecule has 1 aromatic rings. The first-order chi connectivity index (χ1) is 16.3. The molecule has 8 nitrogen and oxygen atoms in total. The van der Waals surface area contributed by atoms with E-state index >= 15 is 0 Å². The van der Waals surface area contributed by atoms with E-state index in [1.165, 1.54) is 10.7 Å². The van der Waals surface area contributed by atoms with Gasteiger partial charge in [0.15, 0.2) is 0 Å². The van der Waals surface area contributed by atoms with Gasteiger partial charge in [-0.25, -0.2) is 8.42 Å². The van der Waals surface area contributed by atoms with Crippen LogP contribution in [0.15, 0.2) is 29.2 Å². The van der Waals surface area contributed by atoms with Crippen LogP contribution in [0.2, 0.25) is 0 Å². The molecule has 0 bridgehead atoms. The number of likely N-dealkylation sites (tertiary alicyclic amines) is 2. The molecule has 1 unspecified atom stereocenters. The van der Waals surface area contributed by atoms with E-state index in [1.54, 1.807) is 24.3 Å². The molecule has 188 valence electrons. The molecule has 0 radical (unpaired) electrons. The Balaban J connectivity index is 1.23. The molecule has 1 atom stereocenters. The Morgan fingerprint density at radius 3 is 2.26 bits per heavy atom. The lowest BCUT2D eigenvalue weighted by Crippen LogP contribution is -2.47. The summed E-state index contributed by atoms with van der Waals surface area (Å²) in [6, 6.07) is 6.85. The number of hydrogen-bond acceptors (Lipinski definition) is 5. The summed E-state index contributed by atoms with van der Waals surface area (Å²) in [5.41, 5.74) is 0.943. The van der Waals surface area contributed by atoms with E-state index in [-0.39, 0.29) is 22.6 Å². The number of hydrogen-bond donors (Lipinski definition) is 0. The molecular formula is C25H37N3O5S. The Hall–Kier alpha value is -1.97. The average molecular weight is 492 g/mol. The number of ether oxygens (including phenoxy) is 1. The highest BCUT2D eigenvalue weighted by molar-refractivity contribution is 7.89. The minimum atomic E-state index is -3.50. The molecule has 0 spiro atoms. The van der Waals surface area contributed by atoms with Crippen molar-refractivity contribution in [3.63, 3.8) is 0 Å². The molecule has 0 saturated carbocycles. The van der Waals surface area contributed by atoms with Crippen molar-refractivity contribution in [2.24, 2.45) is 11.8 Å². The maximum absolute atomic E-state index is 12.9. The van der Waals surface area contributed by atoms with Crippen molar-refractivity contribution in [2.75, 3.05) is 52.5 Å². The van der Waals surface area contributed by atoms with Crippen LogP contribution in [0.25, 0.3) is 0 Å². The van der Waals surface area contributed by atoms with Crippen LogP contribution < -0.4 is 0 Å². The Morgan fingerprint density at radius 2 is 1.62 bits per heavy atom. The fraction of sp³-hybridized carbons (Fsp3) is 0.680. The average Bonchev–Trinajstić information content (AvgIpc) is 2.87. The summed E-state index contributed by atoms with van der Waals surface area (Å²) in [6.45, 7) is 6.79. The summed E-state index contributed by atoms with van der Waals surface area (Å²) in [6.07, 6.45) is 4.72. The van der Waals surface area contributed by atoms with Gasteiger partial charge in [0.25, 0.3) is 0 Å². The SMILES string of the molecule is CC1CCCN(C(=O)C2CCN(C(=O)CCc3ccc(S(=O)(=O)N4CCOCC4)cc3)CC2)C1. The summed E-state index contributed by atoms with van der Waals surface area (Å²) >= 11 is 0. The zero-order valence-electron chi connectivity index (χ0n) is 20.2. The third-order valence-electron chi connectivity index (χ3n) is 7.32. The summed E-state index contributed by atoms with van der Waals surface area (Å²) in [7, 11) is -3.50. The van der Waals surface area contributed by atoms with Crippen molar-refractivity contribution in [2.45, 2.75) is 50.3 Å². The van der Waals surface area contributed by atoms with Gasteiger partial charge in [-0.1, -0.05) is 19.1 Å². The molecule has 3 saturated heterocycles. The van der Waals surface area contributed by atoms with Gasteiger partial charge in [-0.15, -0.1) is 0 Å². The molecule has 3 fully saturated rings. The lowest BCUT2D eigenvalue weighted by Gasteiger charge is -2.37. The van der Waals surface area contributed by atoms with Gasteiger partial charge < -0.3 is 14.5 Å². The van der Waals surface area contributed by atoms with Crippen LogP contribution in [-0.4, -0.2) is 86.8 Å². The Bertz CT molecular complexity index is 951. The number of amides is 2. The number of benzene rings is 1. The zero-order chi connectivity index (χ0) is 24.1. The molecule has 1 aromatic carbocycles. The zero-order valence-corrected chi connectivity index (χ0v) is 21.0. The summed E-state index contributed by atoms with van der Waals surface area (Å²) in [5, 5.41) is 0. The van der Waals surface area contributed by atoms with E-state index in [0.717, 1.165) is 37.9 Å². The molecule has 0 aliphatic carbocycles. The smallest absolute Gasteiger partial charge is 0.243 e. The molecule has 0 aromatic heterocycles. The first kappa shape index (κ1) is 25.1.